The lowest BCUT2D eigenvalue weighted by atomic mass is 9.96. The highest BCUT2D eigenvalue weighted by Crippen LogP contribution is 2.22. The second-order valence-corrected chi connectivity index (χ2v) is 6.34. The van der Waals surface area contributed by atoms with Gasteiger partial charge in [0.1, 0.15) is 5.82 Å². The molecule has 1 aromatic rings. The Morgan fingerprint density at radius 1 is 1.19 bits per heavy atom. The number of hydrogen-bond acceptors (Lipinski definition) is 3. The standard InChI is InChI=1S/C18H31N3/c1-3-6-16-7-5-12-21(13-10-16)15-17-8-9-18(20-14-17)19-11-4-2/h8-9,14,16H,3-7,10-13,15H2,1-2H3,(H,19,20). The molecule has 3 heteroatoms. The lowest BCUT2D eigenvalue weighted by Crippen LogP contribution is -2.24. The van der Waals surface area contributed by atoms with E-state index in [1.54, 1.807) is 0 Å². The molecule has 0 spiro atoms. The molecule has 1 unspecified atom stereocenters. The summed E-state index contributed by atoms with van der Waals surface area (Å²) in [4.78, 5) is 7.11. The van der Waals surface area contributed by atoms with Crippen molar-refractivity contribution >= 4 is 5.82 Å². The Bertz CT molecular complexity index is 388. The summed E-state index contributed by atoms with van der Waals surface area (Å²) in [6.07, 6.45) is 10.1. The van der Waals surface area contributed by atoms with Gasteiger partial charge in [0.2, 0.25) is 0 Å². The van der Waals surface area contributed by atoms with Crippen molar-refractivity contribution in [1.82, 2.24) is 9.88 Å². The Morgan fingerprint density at radius 3 is 2.81 bits per heavy atom. The first kappa shape index (κ1) is 16.3. The molecule has 0 saturated carbocycles. The Hall–Kier alpha value is -1.09. The molecule has 1 aliphatic rings. The third-order valence-electron chi connectivity index (χ3n) is 4.42. The van der Waals surface area contributed by atoms with Gasteiger partial charge in [-0.25, -0.2) is 4.98 Å². The number of rotatable bonds is 7. The minimum Gasteiger partial charge on any atom is -0.370 e. The molecule has 1 atom stereocenters. The average molecular weight is 289 g/mol. The van der Waals surface area contributed by atoms with Crippen LogP contribution in [0.25, 0.3) is 0 Å². The van der Waals surface area contributed by atoms with Crippen LogP contribution in [0.2, 0.25) is 0 Å². The van der Waals surface area contributed by atoms with E-state index in [2.05, 4.69) is 41.2 Å². The SMILES string of the molecule is CCCNc1ccc(CN2CCCC(CCC)CC2)cn1. The van der Waals surface area contributed by atoms with E-state index in [9.17, 15) is 0 Å². The maximum Gasteiger partial charge on any atom is 0.125 e. The number of aromatic nitrogens is 1. The van der Waals surface area contributed by atoms with Crippen LogP contribution < -0.4 is 5.32 Å². The molecule has 0 bridgehead atoms. The van der Waals surface area contributed by atoms with Gasteiger partial charge in [-0.2, -0.15) is 0 Å². The second kappa shape index (κ2) is 9.04. The summed E-state index contributed by atoms with van der Waals surface area (Å²) >= 11 is 0. The van der Waals surface area contributed by atoms with Gasteiger partial charge in [-0.3, -0.25) is 4.90 Å². The van der Waals surface area contributed by atoms with E-state index in [1.165, 1.54) is 50.8 Å². The van der Waals surface area contributed by atoms with Crippen molar-refractivity contribution in [2.75, 3.05) is 25.0 Å². The van der Waals surface area contributed by atoms with Gasteiger partial charge in [0.15, 0.2) is 0 Å². The first-order chi connectivity index (χ1) is 10.3. The fraction of sp³-hybridized carbons (Fsp3) is 0.722. The molecular formula is C18H31N3. The second-order valence-electron chi connectivity index (χ2n) is 6.34. The molecule has 118 valence electrons. The number of pyridine rings is 1. The van der Waals surface area contributed by atoms with E-state index in [0.717, 1.165) is 31.2 Å². The molecule has 0 aliphatic carbocycles. The van der Waals surface area contributed by atoms with Crippen molar-refractivity contribution in [2.45, 2.75) is 58.9 Å². The summed E-state index contributed by atoms with van der Waals surface area (Å²) in [5, 5.41) is 3.33. The highest BCUT2D eigenvalue weighted by Gasteiger charge is 2.16. The molecule has 1 aliphatic heterocycles. The van der Waals surface area contributed by atoms with Crippen LogP contribution in [-0.2, 0) is 6.54 Å². The molecule has 2 heterocycles. The van der Waals surface area contributed by atoms with Gasteiger partial charge in [0, 0.05) is 19.3 Å². The molecule has 0 aromatic carbocycles. The van der Waals surface area contributed by atoms with Gasteiger partial charge >= 0.3 is 0 Å². The maximum absolute atomic E-state index is 4.51. The van der Waals surface area contributed by atoms with Crippen molar-refractivity contribution in [2.24, 2.45) is 5.92 Å². The van der Waals surface area contributed by atoms with Crippen molar-refractivity contribution in [3.05, 3.63) is 23.9 Å². The molecule has 21 heavy (non-hydrogen) atoms. The molecule has 1 N–H and O–H groups in total. The van der Waals surface area contributed by atoms with Gasteiger partial charge in [-0.15, -0.1) is 0 Å². The third kappa shape index (κ3) is 5.66. The van der Waals surface area contributed by atoms with Gasteiger partial charge in [0.25, 0.3) is 0 Å². The van der Waals surface area contributed by atoms with Crippen LogP contribution in [0.4, 0.5) is 5.82 Å². The van der Waals surface area contributed by atoms with Crippen molar-refractivity contribution < 1.29 is 0 Å². The fourth-order valence-corrected chi connectivity index (χ4v) is 3.21. The molecule has 2 rings (SSSR count). The number of hydrogen-bond donors (Lipinski definition) is 1. The lowest BCUT2D eigenvalue weighted by Gasteiger charge is -2.20. The van der Waals surface area contributed by atoms with Gasteiger partial charge in [-0.1, -0.05) is 32.8 Å². The minimum absolute atomic E-state index is 0.957. The fourth-order valence-electron chi connectivity index (χ4n) is 3.21. The van der Waals surface area contributed by atoms with E-state index in [4.69, 9.17) is 0 Å². The van der Waals surface area contributed by atoms with Crippen molar-refractivity contribution in [3.63, 3.8) is 0 Å². The molecular weight excluding hydrogens is 258 g/mol. The molecule has 1 saturated heterocycles. The van der Waals surface area contributed by atoms with E-state index in [1.807, 2.05) is 6.20 Å². The topological polar surface area (TPSA) is 28.2 Å². The molecule has 0 amide bonds. The van der Waals surface area contributed by atoms with Crippen LogP contribution in [0.3, 0.4) is 0 Å². The smallest absolute Gasteiger partial charge is 0.125 e. The van der Waals surface area contributed by atoms with Crippen LogP contribution in [0.5, 0.6) is 0 Å². The summed E-state index contributed by atoms with van der Waals surface area (Å²) in [5.41, 5.74) is 1.34. The van der Waals surface area contributed by atoms with Crippen molar-refractivity contribution in [3.8, 4) is 0 Å². The summed E-state index contributed by atoms with van der Waals surface area (Å²) in [5.74, 6) is 1.96. The van der Waals surface area contributed by atoms with E-state index in [-0.39, 0.29) is 0 Å². The zero-order valence-corrected chi connectivity index (χ0v) is 13.8. The summed E-state index contributed by atoms with van der Waals surface area (Å²) in [6.45, 7) is 9.03. The minimum atomic E-state index is 0.957. The van der Waals surface area contributed by atoms with Gasteiger partial charge < -0.3 is 5.32 Å². The highest BCUT2D eigenvalue weighted by molar-refractivity contribution is 5.35. The average Bonchev–Trinajstić information content (AvgIpc) is 2.73. The summed E-state index contributed by atoms with van der Waals surface area (Å²) in [6, 6.07) is 4.34. The molecule has 0 radical (unpaired) electrons. The predicted octanol–water partition coefficient (Wildman–Crippen LogP) is 4.31. The van der Waals surface area contributed by atoms with Crippen molar-refractivity contribution in [1.29, 1.82) is 0 Å². The van der Waals surface area contributed by atoms with Crippen LogP contribution in [0, 0.1) is 5.92 Å². The number of likely N-dealkylation sites (tertiary alicyclic amines) is 1. The zero-order chi connectivity index (χ0) is 14.9. The van der Waals surface area contributed by atoms with Crippen LogP contribution in [0.1, 0.15) is 57.9 Å². The first-order valence-electron chi connectivity index (χ1n) is 8.73. The normalized spacial score (nSPS) is 20.2. The first-order valence-corrected chi connectivity index (χ1v) is 8.73. The quantitative estimate of drug-likeness (QED) is 0.811. The Morgan fingerprint density at radius 2 is 2.10 bits per heavy atom. The monoisotopic (exact) mass is 289 g/mol. The largest absolute Gasteiger partial charge is 0.370 e. The van der Waals surface area contributed by atoms with Crippen LogP contribution in [-0.4, -0.2) is 29.5 Å². The van der Waals surface area contributed by atoms with Crippen LogP contribution in [0.15, 0.2) is 18.3 Å². The number of anilines is 1. The van der Waals surface area contributed by atoms with Crippen LogP contribution >= 0.6 is 0 Å². The Kier molecular flexibility index (Phi) is 7.01. The summed E-state index contributed by atoms with van der Waals surface area (Å²) < 4.78 is 0. The van der Waals surface area contributed by atoms with E-state index >= 15 is 0 Å². The zero-order valence-electron chi connectivity index (χ0n) is 13.8. The Balaban J connectivity index is 1.81. The van der Waals surface area contributed by atoms with Gasteiger partial charge in [-0.05, 0) is 56.3 Å². The predicted molar refractivity (Wildman–Crippen MR) is 90.5 cm³/mol. The van der Waals surface area contributed by atoms with E-state index in [0.29, 0.717) is 0 Å². The summed E-state index contributed by atoms with van der Waals surface area (Å²) in [7, 11) is 0. The maximum atomic E-state index is 4.51. The molecule has 1 aromatic heterocycles. The molecule has 1 fully saturated rings. The number of nitrogens with zero attached hydrogens (tertiary/aromatic N) is 2. The number of nitrogens with one attached hydrogen (secondary N) is 1. The Labute approximate surface area is 130 Å². The van der Waals surface area contributed by atoms with E-state index < -0.39 is 0 Å². The highest BCUT2D eigenvalue weighted by atomic mass is 15.1. The van der Waals surface area contributed by atoms with Gasteiger partial charge in [0.05, 0.1) is 0 Å². The molecule has 3 nitrogen and oxygen atoms in total. The third-order valence-corrected chi connectivity index (χ3v) is 4.42. The lowest BCUT2D eigenvalue weighted by molar-refractivity contribution is 0.271.